The van der Waals surface area contributed by atoms with E-state index in [9.17, 15) is 9.59 Å². The largest absolute Gasteiger partial charge is 0.465 e. The Morgan fingerprint density at radius 2 is 1.92 bits per heavy atom. The monoisotopic (exact) mass is 395 g/mol. The van der Waals surface area contributed by atoms with Crippen LogP contribution in [0.15, 0.2) is 40.0 Å². The Morgan fingerprint density at radius 3 is 2.60 bits per heavy atom. The molecule has 0 amide bonds. The van der Waals surface area contributed by atoms with Crippen molar-refractivity contribution in [1.82, 2.24) is 4.57 Å². The van der Waals surface area contributed by atoms with Crippen LogP contribution in [-0.4, -0.2) is 23.4 Å². The van der Waals surface area contributed by atoms with E-state index in [1.165, 1.54) is 0 Å². The summed E-state index contributed by atoms with van der Waals surface area (Å²) in [7, 11) is 0. The van der Waals surface area contributed by atoms with Gasteiger partial charge in [0.15, 0.2) is 5.43 Å². The lowest BCUT2D eigenvalue weighted by Gasteiger charge is -2.16. The molecule has 0 aliphatic carbocycles. The van der Waals surface area contributed by atoms with Gasteiger partial charge in [-0.05, 0) is 43.5 Å². The molecule has 0 N–H and O–H groups in total. The van der Waals surface area contributed by atoms with Gasteiger partial charge >= 0.3 is 5.97 Å². The fourth-order valence-corrected chi connectivity index (χ4v) is 3.66. The van der Waals surface area contributed by atoms with Gasteiger partial charge in [0.2, 0.25) is 0 Å². The van der Waals surface area contributed by atoms with Crippen LogP contribution in [0, 0.1) is 0 Å². The molecular weight excluding hydrogens is 381 g/mol. The number of rotatable bonds is 4. The third-order valence-electron chi connectivity index (χ3n) is 3.92. The predicted molar refractivity (Wildman–Crippen MR) is 104 cm³/mol. The van der Waals surface area contributed by atoms with Gasteiger partial charge in [-0.15, -0.1) is 11.8 Å². The van der Waals surface area contributed by atoms with Gasteiger partial charge in [-0.1, -0.05) is 23.2 Å². The molecule has 3 aromatic rings. The first-order valence-electron chi connectivity index (χ1n) is 7.61. The highest BCUT2D eigenvalue weighted by molar-refractivity contribution is 7.98. The number of aromatic nitrogens is 1. The zero-order valence-electron chi connectivity index (χ0n) is 13.6. The molecule has 0 aliphatic rings. The van der Waals surface area contributed by atoms with Crippen LogP contribution in [0.25, 0.3) is 21.8 Å². The molecule has 7 heteroatoms. The molecule has 0 unspecified atom stereocenters. The van der Waals surface area contributed by atoms with Crippen molar-refractivity contribution < 1.29 is 9.53 Å². The number of nitrogens with zero attached hydrogens (tertiary/aromatic N) is 1. The van der Waals surface area contributed by atoms with Crippen molar-refractivity contribution in [2.24, 2.45) is 0 Å². The van der Waals surface area contributed by atoms with E-state index in [1.807, 2.05) is 18.4 Å². The van der Waals surface area contributed by atoms with Gasteiger partial charge in [-0.2, -0.15) is 0 Å². The van der Waals surface area contributed by atoms with Gasteiger partial charge in [0.25, 0.3) is 0 Å². The Labute approximate surface area is 158 Å². The standard InChI is InChI=1S/C18H15Cl2NO3S/c1-3-24-15(22)9-21-14-8-10(25-2)4-5-11(14)18(23)12-6-7-13(19)16(20)17(12)21/h4-8H,3,9H2,1-2H3. The van der Waals surface area contributed by atoms with E-state index >= 15 is 0 Å². The Morgan fingerprint density at radius 1 is 1.20 bits per heavy atom. The number of hydrogen-bond donors (Lipinski definition) is 0. The molecule has 0 aliphatic heterocycles. The number of benzene rings is 2. The summed E-state index contributed by atoms with van der Waals surface area (Å²) >= 11 is 14.1. The summed E-state index contributed by atoms with van der Waals surface area (Å²) < 4.78 is 6.79. The van der Waals surface area contributed by atoms with Gasteiger partial charge in [0, 0.05) is 15.7 Å². The summed E-state index contributed by atoms with van der Waals surface area (Å²) in [5.74, 6) is -0.403. The van der Waals surface area contributed by atoms with Crippen LogP contribution >= 0.6 is 35.0 Å². The van der Waals surface area contributed by atoms with Crippen LogP contribution in [0.3, 0.4) is 0 Å². The SMILES string of the molecule is CCOC(=O)Cn1c2cc(SC)ccc2c(=O)c2ccc(Cl)c(Cl)c21. The molecule has 130 valence electrons. The second kappa shape index (κ2) is 7.28. The Bertz CT molecular complexity index is 1050. The maximum Gasteiger partial charge on any atom is 0.325 e. The van der Waals surface area contributed by atoms with Crippen molar-refractivity contribution in [2.75, 3.05) is 12.9 Å². The maximum absolute atomic E-state index is 12.9. The minimum absolute atomic E-state index is 0.0565. The van der Waals surface area contributed by atoms with E-state index in [-0.39, 0.29) is 23.6 Å². The number of fused-ring (bicyclic) bond motifs is 2. The molecule has 4 nitrogen and oxygen atoms in total. The van der Waals surface area contributed by atoms with Crippen molar-refractivity contribution in [3.63, 3.8) is 0 Å². The highest BCUT2D eigenvalue weighted by Gasteiger charge is 2.18. The fraction of sp³-hybridized carbons (Fsp3) is 0.222. The zero-order chi connectivity index (χ0) is 18.1. The topological polar surface area (TPSA) is 48.3 Å². The molecule has 0 bridgehead atoms. The van der Waals surface area contributed by atoms with Crippen LogP contribution in [-0.2, 0) is 16.1 Å². The van der Waals surface area contributed by atoms with Crippen LogP contribution in [0.2, 0.25) is 10.0 Å². The van der Waals surface area contributed by atoms with Gasteiger partial charge in [0.1, 0.15) is 6.54 Å². The van der Waals surface area contributed by atoms with E-state index in [4.69, 9.17) is 27.9 Å². The summed E-state index contributed by atoms with van der Waals surface area (Å²) in [6, 6.07) is 8.75. The summed E-state index contributed by atoms with van der Waals surface area (Å²) in [5, 5.41) is 1.51. The first-order valence-corrected chi connectivity index (χ1v) is 9.59. The lowest BCUT2D eigenvalue weighted by Crippen LogP contribution is -2.18. The van der Waals surface area contributed by atoms with Gasteiger partial charge in [-0.25, -0.2) is 0 Å². The molecule has 1 aromatic heterocycles. The third-order valence-corrected chi connectivity index (χ3v) is 5.44. The average molecular weight is 396 g/mol. The second-order valence-corrected chi connectivity index (χ2v) is 7.03. The molecule has 0 atom stereocenters. The molecular formula is C18H15Cl2NO3S. The number of hydrogen-bond acceptors (Lipinski definition) is 4. The zero-order valence-corrected chi connectivity index (χ0v) is 16.0. The number of carbonyl (C=O) groups excluding carboxylic acids is 1. The van der Waals surface area contributed by atoms with Crippen LogP contribution in [0.1, 0.15) is 6.92 Å². The number of esters is 1. The minimum atomic E-state index is -0.403. The number of ether oxygens (including phenoxy) is 1. The molecule has 0 saturated carbocycles. The van der Waals surface area contributed by atoms with Crippen molar-refractivity contribution in [1.29, 1.82) is 0 Å². The Kier molecular flexibility index (Phi) is 5.27. The van der Waals surface area contributed by atoms with Gasteiger partial charge in [-0.3, -0.25) is 9.59 Å². The number of halogens is 2. The smallest absolute Gasteiger partial charge is 0.325 e. The van der Waals surface area contributed by atoms with E-state index in [0.717, 1.165) is 4.90 Å². The molecule has 0 spiro atoms. The number of pyridine rings is 1. The number of thioether (sulfide) groups is 1. The molecule has 0 saturated heterocycles. The van der Waals surface area contributed by atoms with Crippen molar-refractivity contribution in [3.8, 4) is 0 Å². The molecule has 2 aromatic carbocycles. The van der Waals surface area contributed by atoms with Gasteiger partial charge < -0.3 is 9.30 Å². The van der Waals surface area contributed by atoms with E-state index in [2.05, 4.69) is 0 Å². The molecule has 25 heavy (non-hydrogen) atoms. The van der Waals surface area contributed by atoms with Crippen LogP contribution < -0.4 is 5.43 Å². The highest BCUT2D eigenvalue weighted by atomic mass is 35.5. The average Bonchev–Trinajstić information content (AvgIpc) is 2.61. The van der Waals surface area contributed by atoms with Crippen LogP contribution in [0.4, 0.5) is 0 Å². The second-order valence-electron chi connectivity index (χ2n) is 5.36. The van der Waals surface area contributed by atoms with E-state index < -0.39 is 5.97 Å². The third kappa shape index (κ3) is 3.24. The molecule has 0 fully saturated rings. The maximum atomic E-state index is 12.9. The highest BCUT2D eigenvalue weighted by Crippen LogP contribution is 2.32. The molecule has 1 heterocycles. The summed E-state index contributed by atoms with van der Waals surface area (Å²) in [4.78, 5) is 26.0. The van der Waals surface area contributed by atoms with Gasteiger partial charge in [0.05, 0.1) is 27.7 Å². The molecule has 0 radical (unpaired) electrons. The first-order chi connectivity index (χ1) is 12.0. The Balaban J connectivity index is 2.46. The van der Waals surface area contributed by atoms with Crippen molar-refractivity contribution in [3.05, 3.63) is 50.6 Å². The van der Waals surface area contributed by atoms with E-state index in [1.54, 1.807) is 41.5 Å². The van der Waals surface area contributed by atoms with Crippen molar-refractivity contribution in [2.45, 2.75) is 18.4 Å². The lowest BCUT2D eigenvalue weighted by atomic mass is 10.1. The Hall–Kier alpha value is -1.69. The quantitative estimate of drug-likeness (QED) is 0.363. The minimum Gasteiger partial charge on any atom is -0.465 e. The number of carbonyl (C=O) groups is 1. The lowest BCUT2D eigenvalue weighted by molar-refractivity contribution is -0.143. The normalized spacial score (nSPS) is 11.2. The summed E-state index contributed by atoms with van der Waals surface area (Å²) in [6.07, 6.45) is 1.94. The fourth-order valence-electron chi connectivity index (χ4n) is 2.81. The summed E-state index contributed by atoms with van der Waals surface area (Å²) in [6.45, 7) is 1.97. The van der Waals surface area contributed by atoms with Crippen LogP contribution in [0.5, 0.6) is 0 Å². The predicted octanol–water partition coefficient (Wildman–Crippen LogP) is 4.75. The summed E-state index contributed by atoms with van der Waals surface area (Å²) in [5.41, 5.74) is 0.927. The first kappa shape index (κ1) is 18.1. The molecule has 3 rings (SSSR count). The van der Waals surface area contributed by atoms with Crippen molar-refractivity contribution >= 4 is 62.7 Å². The van der Waals surface area contributed by atoms with E-state index in [0.29, 0.717) is 26.8 Å².